The van der Waals surface area contributed by atoms with Crippen molar-refractivity contribution in [1.29, 1.82) is 0 Å². The molecule has 0 amide bonds. The zero-order chi connectivity index (χ0) is 54.4. The highest BCUT2D eigenvalue weighted by atomic mass is 16.5. The molecule has 6 aromatic carbocycles. The largest absolute Gasteiger partial charge is 0.457 e. The average Bonchev–Trinajstić information content (AvgIpc) is 3.94. The van der Waals surface area contributed by atoms with Crippen LogP contribution in [0.25, 0.3) is 27.6 Å². The zero-order valence-corrected chi connectivity index (χ0v) is 48.8. The third kappa shape index (κ3) is 10.2. The number of hydrogen-bond acceptors (Lipinski definition) is 4. The maximum absolute atomic E-state index is 7.46. The summed E-state index contributed by atoms with van der Waals surface area (Å²) in [5.74, 6) is 2.47. The maximum Gasteiger partial charge on any atom is 0.137 e. The molecule has 390 valence electrons. The molecular formula is C70H84N4O. The van der Waals surface area contributed by atoms with Gasteiger partial charge in [0.25, 0.3) is 0 Å². The Bertz CT molecular complexity index is 3410. The van der Waals surface area contributed by atoms with Crippen LogP contribution in [0, 0.1) is 10.8 Å². The number of benzene rings is 6. The molecule has 0 unspecified atom stereocenters. The van der Waals surface area contributed by atoms with Crippen molar-refractivity contribution in [2.24, 2.45) is 10.8 Å². The van der Waals surface area contributed by atoms with Crippen molar-refractivity contribution in [3.63, 3.8) is 0 Å². The van der Waals surface area contributed by atoms with Gasteiger partial charge in [0.05, 0.1) is 17.7 Å². The summed E-state index contributed by atoms with van der Waals surface area (Å²) in [6, 6.07) is 53.8. The Morgan fingerprint density at radius 1 is 0.387 bits per heavy atom. The number of pyridine rings is 1. The molecule has 0 fully saturated rings. The van der Waals surface area contributed by atoms with Gasteiger partial charge in [-0.25, -0.2) is 4.98 Å². The minimum absolute atomic E-state index is 0.0262. The number of ether oxygens (including phenoxy) is 1. The smallest absolute Gasteiger partial charge is 0.137 e. The minimum atomic E-state index is -0.354. The van der Waals surface area contributed by atoms with Crippen LogP contribution < -0.4 is 14.5 Å². The normalized spacial score (nSPS) is 14.4. The first-order valence-corrected chi connectivity index (χ1v) is 27.3. The van der Waals surface area contributed by atoms with Crippen LogP contribution >= 0.6 is 0 Å². The second-order valence-electron chi connectivity index (χ2n) is 27.6. The number of aromatic nitrogens is 2. The van der Waals surface area contributed by atoms with E-state index < -0.39 is 0 Å². The molecular weight excluding hydrogens is 913 g/mol. The van der Waals surface area contributed by atoms with Crippen molar-refractivity contribution in [3.05, 3.63) is 202 Å². The van der Waals surface area contributed by atoms with Gasteiger partial charge in [0.1, 0.15) is 17.3 Å². The van der Waals surface area contributed by atoms with Crippen molar-refractivity contribution < 1.29 is 4.74 Å². The molecule has 0 radical (unpaired) electrons. The lowest BCUT2D eigenvalue weighted by Gasteiger charge is -2.35. The molecule has 0 aliphatic carbocycles. The topological polar surface area (TPSA) is 33.5 Å². The molecule has 0 saturated heterocycles. The first-order chi connectivity index (χ1) is 34.8. The van der Waals surface area contributed by atoms with Crippen molar-refractivity contribution in [1.82, 2.24) is 9.55 Å². The van der Waals surface area contributed by atoms with Gasteiger partial charge in [-0.2, -0.15) is 0 Å². The number of rotatable bonds is 9. The van der Waals surface area contributed by atoms with Gasteiger partial charge in [-0.15, -0.1) is 0 Å². The monoisotopic (exact) mass is 997 g/mol. The number of anilines is 2. The Hall–Kier alpha value is -6.59. The number of nitrogens with zero attached hydrogens (tertiary/aromatic N) is 4. The zero-order valence-electron chi connectivity index (χ0n) is 48.8. The molecule has 0 spiro atoms. The molecule has 0 N–H and O–H groups in total. The van der Waals surface area contributed by atoms with Crippen LogP contribution in [0.1, 0.15) is 170 Å². The van der Waals surface area contributed by atoms with E-state index in [2.05, 4.69) is 292 Å². The van der Waals surface area contributed by atoms with Crippen molar-refractivity contribution in [2.75, 3.05) is 16.5 Å². The van der Waals surface area contributed by atoms with Crippen molar-refractivity contribution >= 4 is 33.2 Å². The molecule has 0 atom stereocenters. The first-order valence-electron chi connectivity index (χ1n) is 27.3. The number of hydrogen-bond donors (Lipinski definition) is 0. The van der Waals surface area contributed by atoms with Crippen LogP contribution in [0.3, 0.4) is 0 Å². The van der Waals surface area contributed by atoms with Gasteiger partial charge in [-0.05, 0) is 104 Å². The maximum atomic E-state index is 7.46. The van der Waals surface area contributed by atoms with Gasteiger partial charge >= 0.3 is 0 Å². The molecule has 5 nitrogen and oxygen atoms in total. The number of allylic oxidation sites excluding steroid dienone is 2. The molecule has 1 aliphatic heterocycles. The summed E-state index contributed by atoms with van der Waals surface area (Å²) in [7, 11) is 0. The third-order valence-corrected chi connectivity index (χ3v) is 15.8. The van der Waals surface area contributed by atoms with Crippen LogP contribution in [-0.2, 0) is 27.1 Å². The number of para-hydroxylation sites is 1. The first kappa shape index (κ1) is 53.2. The van der Waals surface area contributed by atoms with Crippen LogP contribution in [0.2, 0.25) is 0 Å². The van der Waals surface area contributed by atoms with Crippen LogP contribution in [0.5, 0.6) is 11.5 Å². The Labute approximate surface area is 450 Å². The van der Waals surface area contributed by atoms with Gasteiger partial charge in [0.15, 0.2) is 0 Å². The quantitative estimate of drug-likeness (QED) is 0.144. The molecule has 5 heteroatoms. The predicted octanol–water partition coefficient (Wildman–Crippen LogP) is 19.1. The lowest BCUT2D eigenvalue weighted by atomic mass is 9.77. The van der Waals surface area contributed by atoms with Crippen molar-refractivity contribution in [2.45, 2.75) is 159 Å². The van der Waals surface area contributed by atoms with Gasteiger partial charge < -0.3 is 14.5 Å². The second kappa shape index (κ2) is 18.6. The average molecular weight is 997 g/mol. The highest BCUT2D eigenvalue weighted by Gasteiger charge is 2.43. The fraction of sp³-hybridized carbons (Fsp3) is 0.386. The van der Waals surface area contributed by atoms with Gasteiger partial charge in [0.2, 0.25) is 0 Å². The summed E-state index contributed by atoms with van der Waals surface area (Å²) >= 11 is 0. The van der Waals surface area contributed by atoms with Crippen LogP contribution in [0.4, 0.5) is 11.4 Å². The SMILES string of the molecule is CC(C)(C)C1=C(C(C)(C)C)N(c2cc(Oc3cc(C(C)(C)C)c4c5ccccc5n(-c5cc(C(C)(C)c6ccccc6)ccn5)c4c3)cc(C(C)(C)c3ccccc3)c2)CN1c1cc(C(C)(C)C)cc(C(C)(C)C)c1. The summed E-state index contributed by atoms with van der Waals surface area (Å²) in [5.41, 5.74) is 14.7. The molecule has 0 saturated carbocycles. The number of fused-ring (bicyclic) bond motifs is 3. The van der Waals surface area contributed by atoms with Gasteiger partial charge in [0, 0.05) is 73.5 Å². The minimum Gasteiger partial charge on any atom is -0.457 e. The van der Waals surface area contributed by atoms with E-state index in [1.807, 2.05) is 6.20 Å². The molecule has 75 heavy (non-hydrogen) atoms. The standard InChI is InChI=1S/C70H84N4O/c1-64(2,3)49-36-50(65(4,5)6)38-52(37-49)72-45-73(63(68(13,14)15)62(72)67(10,11)12)53-39-51(70(18,19)47-30-24-21-25-31-47)40-54(42-53)75-55-43-57(66(7,8)9)61-56-32-26-27-33-58(56)74(59(61)44-55)60-41-48(34-35-71-60)69(16,17)46-28-22-20-23-29-46/h20-44H,45H2,1-19H3. The fourth-order valence-corrected chi connectivity index (χ4v) is 11.3. The summed E-state index contributed by atoms with van der Waals surface area (Å²) in [5, 5.41) is 2.42. The Morgan fingerprint density at radius 3 is 1.39 bits per heavy atom. The van der Waals surface area contributed by atoms with Crippen LogP contribution in [0.15, 0.2) is 163 Å². The summed E-state index contributed by atoms with van der Waals surface area (Å²) < 4.78 is 9.81. The fourth-order valence-electron chi connectivity index (χ4n) is 11.3. The molecule has 2 aromatic heterocycles. The van der Waals surface area contributed by atoms with Gasteiger partial charge in [-0.1, -0.05) is 216 Å². The van der Waals surface area contributed by atoms with E-state index >= 15 is 0 Å². The third-order valence-electron chi connectivity index (χ3n) is 15.8. The Kier molecular flexibility index (Phi) is 13.2. The molecule has 9 rings (SSSR count). The van der Waals surface area contributed by atoms with E-state index in [1.165, 1.54) is 66.8 Å². The lowest BCUT2D eigenvalue weighted by molar-refractivity contribution is 0.444. The summed E-state index contributed by atoms with van der Waals surface area (Å²) in [4.78, 5) is 10.3. The molecule has 0 bridgehead atoms. The summed E-state index contributed by atoms with van der Waals surface area (Å²) in [6.45, 7) is 45.2. The predicted molar refractivity (Wildman–Crippen MR) is 321 cm³/mol. The highest BCUT2D eigenvalue weighted by molar-refractivity contribution is 6.11. The molecule has 8 aromatic rings. The second-order valence-corrected chi connectivity index (χ2v) is 27.6. The van der Waals surface area contributed by atoms with Gasteiger partial charge in [-0.3, -0.25) is 4.57 Å². The van der Waals surface area contributed by atoms with E-state index in [4.69, 9.17) is 9.72 Å². The highest BCUT2D eigenvalue weighted by Crippen LogP contribution is 2.51. The van der Waals surface area contributed by atoms with E-state index in [9.17, 15) is 0 Å². The van der Waals surface area contributed by atoms with E-state index in [0.717, 1.165) is 34.0 Å². The van der Waals surface area contributed by atoms with Crippen LogP contribution in [-0.4, -0.2) is 16.2 Å². The van der Waals surface area contributed by atoms with E-state index in [1.54, 1.807) is 0 Å². The molecule has 1 aliphatic rings. The Morgan fingerprint density at radius 2 is 0.867 bits per heavy atom. The lowest BCUT2D eigenvalue weighted by Crippen LogP contribution is -2.32. The van der Waals surface area contributed by atoms with Crippen molar-refractivity contribution in [3.8, 4) is 17.3 Å². The van der Waals surface area contributed by atoms with E-state index in [0.29, 0.717) is 6.67 Å². The molecule has 3 heterocycles. The Balaban J connectivity index is 1.27. The van der Waals surface area contributed by atoms with E-state index in [-0.39, 0.29) is 37.9 Å². The summed E-state index contributed by atoms with van der Waals surface area (Å²) in [6.07, 6.45) is 1.97.